The van der Waals surface area contributed by atoms with Crippen LogP contribution in [-0.4, -0.2) is 28.1 Å². The summed E-state index contributed by atoms with van der Waals surface area (Å²) < 4.78 is 42.9. The van der Waals surface area contributed by atoms with Gasteiger partial charge in [-0.3, -0.25) is 4.99 Å². The van der Waals surface area contributed by atoms with Crippen molar-refractivity contribution in [3.8, 4) is 11.4 Å². The van der Waals surface area contributed by atoms with E-state index in [0.717, 1.165) is 22.3 Å². The minimum Gasteiger partial charge on any atom is -0.350 e. The van der Waals surface area contributed by atoms with Crippen molar-refractivity contribution in [3.63, 3.8) is 0 Å². The summed E-state index contributed by atoms with van der Waals surface area (Å²) in [6, 6.07) is 6.99. The van der Waals surface area contributed by atoms with Crippen LogP contribution < -0.4 is 10.6 Å². The normalized spacial score (nSPS) is 11.8. The molecule has 0 saturated carbocycles. The fraction of sp³-hybridized carbons (Fsp3) is 0.250. The van der Waals surface area contributed by atoms with Crippen LogP contribution in [0.15, 0.2) is 39.2 Å². The van der Waals surface area contributed by atoms with E-state index in [2.05, 4.69) is 30.8 Å². The van der Waals surface area contributed by atoms with E-state index in [0.29, 0.717) is 22.7 Å². The van der Waals surface area contributed by atoms with E-state index in [4.69, 9.17) is 16.1 Å². The molecule has 0 aliphatic carbocycles. The molecule has 2 aromatic heterocycles. The van der Waals surface area contributed by atoms with Crippen LogP contribution in [0.4, 0.5) is 13.2 Å². The van der Waals surface area contributed by atoms with Crippen molar-refractivity contribution in [1.29, 1.82) is 0 Å². The molecule has 7 nitrogen and oxygen atoms in total. The van der Waals surface area contributed by atoms with Crippen LogP contribution in [-0.2, 0) is 19.3 Å². The number of thiazole rings is 1. The lowest BCUT2D eigenvalue weighted by Gasteiger charge is -2.08. The summed E-state index contributed by atoms with van der Waals surface area (Å²) >= 11 is 6.77. The SMILES string of the molecule is CN=C(NCc1nc(-c2ccc(Cl)cc2)no1)NCc1nc(C(F)(F)F)cs1.I. The van der Waals surface area contributed by atoms with Crippen LogP contribution in [0, 0.1) is 0 Å². The zero-order valence-corrected chi connectivity index (χ0v) is 18.7. The Bertz CT molecular complexity index is 960. The average Bonchev–Trinajstić information content (AvgIpc) is 3.32. The van der Waals surface area contributed by atoms with Gasteiger partial charge in [-0.1, -0.05) is 16.8 Å². The molecule has 3 rings (SSSR count). The minimum atomic E-state index is -4.45. The molecule has 2 N–H and O–H groups in total. The predicted octanol–water partition coefficient (Wildman–Crippen LogP) is 4.35. The van der Waals surface area contributed by atoms with Gasteiger partial charge in [0, 0.05) is 23.0 Å². The van der Waals surface area contributed by atoms with E-state index in [9.17, 15) is 13.2 Å². The highest BCUT2D eigenvalue weighted by atomic mass is 127. The van der Waals surface area contributed by atoms with Crippen LogP contribution >= 0.6 is 46.9 Å². The van der Waals surface area contributed by atoms with Crippen LogP contribution in [0.5, 0.6) is 0 Å². The second-order valence-corrected chi connectivity index (χ2v) is 6.80. The number of nitrogens with zero attached hydrogens (tertiary/aromatic N) is 4. The van der Waals surface area contributed by atoms with E-state index in [-0.39, 0.29) is 42.1 Å². The smallest absolute Gasteiger partial charge is 0.350 e. The summed E-state index contributed by atoms with van der Waals surface area (Å²) in [6.07, 6.45) is -4.45. The Morgan fingerprint density at radius 1 is 1.17 bits per heavy atom. The molecule has 0 unspecified atom stereocenters. The Balaban J connectivity index is 0.00000300. The van der Waals surface area contributed by atoms with E-state index in [1.807, 2.05) is 0 Å². The number of hydrogen-bond donors (Lipinski definition) is 2. The average molecular weight is 559 g/mol. The van der Waals surface area contributed by atoms with Gasteiger partial charge in [0.15, 0.2) is 11.7 Å². The number of guanidine groups is 1. The standard InChI is InChI=1S/C16H14ClF3N6OS.HI/c1-21-15(23-7-13-24-11(8-28-13)16(18,19)20)22-6-12-25-14(26-27-12)9-2-4-10(17)5-3-9;/h2-5,8H,6-7H2,1H3,(H2,21,22,23);1H. The Kier molecular flexibility index (Phi) is 8.22. The first-order valence-corrected chi connectivity index (χ1v) is 9.15. The molecule has 156 valence electrons. The van der Waals surface area contributed by atoms with E-state index in [1.54, 1.807) is 24.3 Å². The van der Waals surface area contributed by atoms with Crippen molar-refractivity contribution < 1.29 is 17.7 Å². The number of hydrogen-bond acceptors (Lipinski definition) is 6. The molecule has 13 heteroatoms. The maximum atomic E-state index is 12.6. The first-order chi connectivity index (χ1) is 13.3. The van der Waals surface area contributed by atoms with E-state index >= 15 is 0 Å². The summed E-state index contributed by atoms with van der Waals surface area (Å²) in [5.74, 6) is 1.09. The molecule has 0 amide bonds. The van der Waals surface area contributed by atoms with Crippen molar-refractivity contribution >= 4 is 52.9 Å². The summed E-state index contributed by atoms with van der Waals surface area (Å²) in [7, 11) is 1.53. The lowest BCUT2D eigenvalue weighted by Crippen LogP contribution is -2.36. The molecule has 0 aliphatic heterocycles. The Hall–Kier alpha value is -1.93. The Morgan fingerprint density at radius 3 is 2.48 bits per heavy atom. The molecular formula is C16H15ClF3IN6OS. The number of benzene rings is 1. The van der Waals surface area contributed by atoms with Crippen LogP contribution in [0.3, 0.4) is 0 Å². The van der Waals surface area contributed by atoms with Crippen molar-refractivity contribution in [2.45, 2.75) is 19.3 Å². The van der Waals surface area contributed by atoms with Gasteiger partial charge in [0.05, 0.1) is 13.1 Å². The molecule has 1 aromatic carbocycles. The summed E-state index contributed by atoms with van der Waals surface area (Å²) in [5.41, 5.74) is -0.149. The predicted molar refractivity (Wildman–Crippen MR) is 114 cm³/mol. The first-order valence-electron chi connectivity index (χ1n) is 7.90. The second kappa shape index (κ2) is 10.2. The van der Waals surface area contributed by atoms with Crippen LogP contribution in [0.2, 0.25) is 5.02 Å². The monoisotopic (exact) mass is 558 g/mol. The van der Waals surface area contributed by atoms with Crippen molar-refractivity contribution in [3.05, 3.63) is 51.3 Å². The van der Waals surface area contributed by atoms with Crippen LogP contribution in [0.1, 0.15) is 16.6 Å². The molecule has 0 fully saturated rings. The highest BCUT2D eigenvalue weighted by Crippen LogP contribution is 2.29. The molecule has 3 aromatic rings. The maximum Gasteiger partial charge on any atom is 0.434 e. The third-order valence-corrected chi connectivity index (χ3v) is 4.55. The van der Waals surface area contributed by atoms with Gasteiger partial charge in [0.2, 0.25) is 11.7 Å². The largest absolute Gasteiger partial charge is 0.434 e. The second-order valence-electron chi connectivity index (χ2n) is 5.42. The van der Waals surface area contributed by atoms with Crippen molar-refractivity contribution in [1.82, 2.24) is 25.8 Å². The molecule has 0 radical (unpaired) electrons. The van der Waals surface area contributed by atoms with Gasteiger partial charge < -0.3 is 15.2 Å². The Morgan fingerprint density at radius 2 is 1.86 bits per heavy atom. The van der Waals surface area contributed by atoms with E-state index < -0.39 is 11.9 Å². The fourth-order valence-corrected chi connectivity index (χ4v) is 2.97. The number of alkyl halides is 3. The van der Waals surface area contributed by atoms with Gasteiger partial charge >= 0.3 is 6.18 Å². The zero-order valence-electron chi connectivity index (χ0n) is 14.8. The minimum absolute atomic E-state index is 0. The third kappa shape index (κ3) is 6.54. The van der Waals surface area contributed by atoms with Gasteiger partial charge in [0.1, 0.15) is 5.01 Å². The van der Waals surface area contributed by atoms with Crippen molar-refractivity contribution in [2.24, 2.45) is 4.99 Å². The summed E-state index contributed by atoms with van der Waals surface area (Å²) in [4.78, 5) is 11.8. The maximum absolute atomic E-state index is 12.6. The fourth-order valence-electron chi connectivity index (χ4n) is 2.10. The lowest BCUT2D eigenvalue weighted by molar-refractivity contribution is -0.140. The zero-order chi connectivity index (χ0) is 20.1. The molecule has 0 saturated heterocycles. The molecule has 0 spiro atoms. The van der Waals surface area contributed by atoms with Gasteiger partial charge in [-0.2, -0.15) is 18.2 Å². The molecule has 0 aliphatic rings. The van der Waals surface area contributed by atoms with Gasteiger partial charge in [-0.05, 0) is 24.3 Å². The number of aromatic nitrogens is 3. The number of nitrogens with one attached hydrogen (secondary N) is 2. The molecular weight excluding hydrogens is 544 g/mol. The quantitative estimate of drug-likeness (QED) is 0.275. The lowest BCUT2D eigenvalue weighted by atomic mass is 10.2. The highest BCUT2D eigenvalue weighted by molar-refractivity contribution is 14.0. The molecule has 29 heavy (non-hydrogen) atoms. The van der Waals surface area contributed by atoms with Gasteiger partial charge in [-0.25, -0.2) is 4.98 Å². The first kappa shape index (κ1) is 23.3. The molecule has 2 heterocycles. The Labute approximate surface area is 189 Å². The number of halogens is 5. The van der Waals surface area contributed by atoms with Crippen molar-refractivity contribution in [2.75, 3.05) is 7.05 Å². The van der Waals surface area contributed by atoms with E-state index in [1.165, 1.54) is 7.05 Å². The summed E-state index contributed by atoms with van der Waals surface area (Å²) in [5, 5.41) is 11.6. The van der Waals surface area contributed by atoms with Crippen LogP contribution in [0.25, 0.3) is 11.4 Å². The third-order valence-electron chi connectivity index (χ3n) is 3.45. The summed E-state index contributed by atoms with van der Waals surface area (Å²) in [6.45, 7) is 0.284. The molecule has 0 atom stereocenters. The molecule has 0 bridgehead atoms. The van der Waals surface area contributed by atoms with Gasteiger partial charge in [0.25, 0.3) is 0 Å². The van der Waals surface area contributed by atoms with Gasteiger partial charge in [-0.15, -0.1) is 35.3 Å². The number of rotatable bonds is 5. The highest BCUT2D eigenvalue weighted by Gasteiger charge is 2.33. The number of aliphatic imine (C=N–C) groups is 1. The topological polar surface area (TPSA) is 88.2 Å².